The first-order valence-electron chi connectivity index (χ1n) is 6.44. The molecule has 2 heterocycles. The molecule has 2 aromatic heterocycles. The number of nitro groups is 1. The zero-order valence-electron chi connectivity index (χ0n) is 11.9. The molecular weight excluding hydrogens is 446 g/mol. The number of halogens is 2. The van der Waals surface area contributed by atoms with Crippen molar-refractivity contribution >= 4 is 60.4 Å². The van der Waals surface area contributed by atoms with Crippen molar-refractivity contribution in [2.45, 2.75) is 10.6 Å². The maximum absolute atomic E-state index is 12.0. The van der Waals surface area contributed by atoms with Crippen molar-refractivity contribution in [3.63, 3.8) is 0 Å². The molecule has 0 amide bonds. The maximum Gasteiger partial charge on any atom is 0.281 e. The number of nitrogens with one attached hydrogen (secondary N) is 2. The van der Waals surface area contributed by atoms with E-state index in [9.17, 15) is 18.5 Å². The van der Waals surface area contributed by atoms with E-state index in [1.807, 2.05) is 0 Å². The molecule has 0 spiro atoms. The predicted molar refractivity (Wildman–Crippen MR) is 94.0 cm³/mol. The van der Waals surface area contributed by atoms with Gasteiger partial charge in [-0.25, -0.2) is 18.1 Å². The highest BCUT2D eigenvalue weighted by atomic mass is 79.9. The molecule has 2 aromatic rings. The number of hydrogen-bond acceptors (Lipinski definition) is 8. The third-order valence-corrected chi connectivity index (χ3v) is 6.34. The van der Waals surface area contributed by atoms with Gasteiger partial charge in [0.25, 0.3) is 5.69 Å². The van der Waals surface area contributed by atoms with Gasteiger partial charge in [0.05, 0.1) is 14.8 Å². The molecule has 0 unspecified atom stereocenters. The van der Waals surface area contributed by atoms with Crippen LogP contribution in [-0.4, -0.2) is 36.4 Å². The molecule has 0 radical (unpaired) electrons. The van der Waals surface area contributed by atoms with Gasteiger partial charge in [-0.1, -0.05) is 0 Å². The van der Waals surface area contributed by atoms with Crippen LogP contribution in [0.5, 0.6) is 0 Å². The Morgan fingerprint density at radius 1 is 1.42 bits per heavy atom. The van der Waals surface area contributed by atoms with Gasteiger partial charge >= 0.3 is 0 Å². The Labute approximate surface area is 154 Å². The molecule has 130 valence electrons. The third-order valence-electron chi connectivity index (χ3n) is 2.69. The Morgan fingerprint density at radius 3 is 2.83 bits per heavy atom. The minimum atomic E-state index is -3.75. The van der Waals surface area contributed by atoms with E-state index in [1.165, 1.54) is 11.6 Å². The van der Waals surface area contributed by atoms with Crippen LogP contribution in [0, 0.1) is 10.1 Å². The summed E-state index contributed by atoms with van der Waals surface area (Å²) in [5, 5.41) is 14.9. The van der Waals surface area contributed by atoms with Gasteiger partial charge in [0.1, 0.15) is 10.0 Å². The van der Waals surface area contributed by atoms with Crippen LogP contribution in [0.15, 0.2) is 26.3 Å². The Hall–Kier alpha value is -1.34. The fourth-order valence-electron chi connectivity index (χ4n) is 1.59. The van der Waals surface area contributed by atoms with E-state index >= 15 is 0 Å². The summed E-state index contributed by atoms with van der Waals surface area (Å²) in [6.07, 6.45) is 1.98. The lowest BCUT2D eigenvalue weighted by Crippen LogP contribution is -2.25. The number of sulfonamides is 1. The van der Waals surface area contributed by atoms with Crippen LogP contribution in [0.2, 0.25) is 5.28 Å². The number of thiophene rings is 1. The van der Waals surface area contributed by atoms with Gasteiger partial charge in [-0.05, 0) is 34.0 Å². The molecular formula is C11H11BrClN5O4S2. The van der Waals surface area contributed by atoms with E-state index in [2.05, 4.69) is 35.9 Å². The molecule has 13 heteroatoms. The second-order valence-corrected chi connectivity index (χ2v) is 8.49. The molecule has 0 bridgehead atoms. The highest BCUT2D eigenvalue weighted by Crippen LogP contribution is 2.25. The summed E-state index contributed by atoms with van der Waals surface area (Å²) in [6, 6.07) is 1.03. The molecule has 2 N–H and O–H groups in total. The van der Waals surface area contributed by atoms with Gasteiger partial charge in [0, 0.05) is 25.4 Å². The average Bonchev–Trinajstić information content (AvgIpc) is 3.01. The van der Waals surface area contributed by atoms with Gasteiger partial charge < -0.3 is 5.32 Å². The largest absolute Gasteiger partial charge is 0.369 e. The van der Waals surface area contributed by atoms with Crippen LogP contribution in [0.4, 0.5) is 11.5 Å². The summed E-state index contributed by atoms with van der Waals surface area (Å²) in [6.45, 7) is 0.608. The van der Waals surface area contributed by atoms with E-state index in [-0.39, 0.29) is 21.7 Å². The van der Waals surface area contributed by atoms with Crippen molar-refractivity contribution in [3.8, 4) is 0 Å². The lowest BCUT2D eigenvalue weighted by Gasteiger charge is -2.08. The molecule has 0 saturated heterocycles. The van der Waals surface area contributed by atoms with Crippen molar-refractivity contribution in [1.29, 1.82) is 0 Å². The molecule has 0 fully saturated rings. The molecule has 0 saturated carbocycles. The molecule has 9 nitrogen and oxygen atoms in total. The van der Waals surface area contributed by atoms with Crippen molar-refractivity contribution in [1.82, 2.24) is 14.7 Å². The smallest absolute Gasteiger partial charge is 0.281 e. The predicted octanol–water partition coefficient (Wildman–Crippen LogP) is 2.64. The van der Waals surface area contributed by atoms with Crippen LogP contribution in [0.1, 0.15) is 6.42 Å². The molecule has 0 atom stereocenters. The van der Waals surface area contributed by atoms with E-state index in [0.29, 0.717) is 23.3 Å². The second kappa shape index (κ2) is 8.16. The van der Waals surface area contributed by atoms with Gasteiger partial charge in [-0.15, -0.1) is 11.3 Å². The summed E-state index contributed by atoms with van der Waals surface area (Å²) < 4.78 is 27.0. The molecule has 0 aliphatic carbocycles. The van der Waals surface area contributed by atoms with E-state index in [0.717, 1.165) is 17.4 Å². The first-order chi connectivity index (χ1) is 11.3. The highest BCUT2D eigenvalue weighted by Gasteiger charge is 2.20. The minimum Gasteiger partial charge on any atom is -0.369 e. The Balaban J connectivity index is 1.82. The number of nitrogens with zero attached hydrogens (tertiary/aromatic N) is 3. The normalized spacial score (nSPS) is 11.4. The van der Waals surface area contributed by atoms with Crippen LogP contribution in [0.3, 0.4) is 0 Å². The van der Waals surface area contributed by atoms with Gasteiger partial charge in [-0.2, -0.15) is 4.98 Å². The van der Waals surface area contributed by atoms with Crippen LogP contribution < -0.4 is 10.0 Å². The zero-order chi connectivity index (χ0) is 17.7. The standard InChI is InChI=1S/C11H11BrClN5O4S2/c12-8-5-15-11(13)17-10(8)14-2-1-3-16-24(21,22)9-4-7(6-23-9)18(19)20/h4-6,16H,1-3H2,(H,14,15,17). The van der Waals surface area contributed by atoms with E-state index in [4.69, 9.17) is 11.6 Å². The number of anilines is 1. The molecule has 0 aliphatic rings. The number of hydrogen-bond donors (Lipinski definition) is 2. The maximum atomic E-state index is 12.0. The Morgan fingerprint density at radius 2 is 2.17 bits per heavy atom. The lowest BCUT2D eigenvalue weighted by molar-refractivity contribution is -0.384. The average molecular weight is 457 g/mol. The van der Waals surface area contributed by atoms with E-state index in [1.54, 1.807) is 0 Å². The van der Waals surface area contributed by atoms with Gasteiger partial charge in [-0.3, -0.25) is 10.1 Å². The molecule has 2 rings (SSSR count). The summed E-state index contributed by atoms with van der Waals surface area (Å²) in [5.74, 6) is 0.506. The summed E-state index contributed by atoms with van der Waals surface area (Å²) in [7, 11) is -3.75. The highest BCUT2D eigenvalue weighted by molar-refractivity contribution is 9.10. The van der Waals surface area contributed by atoms with Gasteiger partial charge in [0.2, 0.25) is 15.3 Å². The Kier molecular flexibility index (Phi) is 6.46. The monoisotopic (exact) mass is 455 g/mol. The van der Waals surface area contributed by atoms with E-state index < -0.39 is 14.9 Å². The van der Waals surface area contributed by atoms with Crippen molar-refractivity contribution in [2.24, 2.45) is 0 Å². The fourth-order valence-corrected chi connectivity index (χ4v) is 4.29. The lowest BCUT2D eigenvalue weighted by atomic mass is 10.4. The first kappa shape index (κ1) is 19.0. The third kappa shape index (κ3) is 5.08. The fraction of sp³-hybridized carbons (Fsp3) is 0.273. The SMILES string of the molecule is O=[N+]([O-])c1csc(S(=O)(=O)NCCCNc2nc(Cl)ncc2Br)c1. The topological polar surface area (TPSA) is 127 Å². The van der Waals surface area contributed by atoms with Crippen molar-refractivity contribution in [3.05, 3.63) is 37.5 Å². The van der Waals surface area contributed by atoms with Crippen molar-refractivity contribution < 1.29 is 13.3 Å². The second-order valence-electron chi connectivity index (χ2n) is 4.39. The molecule has 0 aliphatic heterocycles. The molecule has 0 aromatic carbocycles. The van der Waals surface area contributed by atoms with Crippen LogP contribution in [-0.2, 0) is 10.0 Å². The summed E-state index contributed by atoms with van der Waals surface area (Å²) >= 11 is 9.76. The van der Waals surface area contributed by atoms with Crippen LogP contribution >= 0.6 is 38.9 Å². The number of rotatable bonds is 8. The van der Waals surface area contributed by atoms with Crippen molar-refractivity contribution in [2.75, 3.05) is 18.4 Å². The van der Waals surface area contributed by atoms with Crippen LogP contribution in [0.25, 0.3) is 0 Å². The summed E-state index contributed by atoms with van der Waals surface area (Å²) in [5.41, 5.74) is -0.243. The quantitative estimate of drug-likeness (QED) is 0.270. The summed E-state index contributed by atoms with van der Waals surface area (Å²) in [4.78, 5) is 17.7. The Bertz CT molecular complexity index is 845. The molecule has 24 heavy (non-hydrogen) atoms. The van der Waals surface area contributed by atoms with Gasteiger partial charge in [0.15, 0.2) is 0 Å². The minimum absolute atomic E-state index is 0.0903. The first-order valence-corrected chi connectivity index (χ1v) is 9.97. The number of aromatic nitrogens is 2. The zero-order valence-corrected chi connectivity index (χ0v) is 15.9.